The van der Waals surface area contributed by atoms with E-state index in [9.17, 15) is 9.59 Å². The summed E-state index contributed by atoms with van der Waals surface area (Å²) >= 11 is 0. The average molecular weight is 229 g/mol. The maximum atomic E-state index is 11.3. The molecule has 5 heteroatoms. The van der Waals surface area contributed by atoms with Crippen LogP contribution in [0, 0.1) is 5.92 Å². The van der Waals surface area contributed by atoms with E-state index in [4.69, 9.17) is 9.47 Å². The van der Waals surface area contributed by atoms with Crippen molar-refractivity contribution >= 4 is 12.1 Å². The molecule has 1 aliphatic rings. The number of hydrogen-bond acceptors (Lipinski definition) is 4. The molecule has 1 saturated carbocycles. The molecule has 0 aromatic rings. The van der Waals surface area contributed by atoms with E-state index in [-0.39, 0.29) is 17.9 Å². The fourth-order valence-electron chi connectivity index (χ4n) is 1.32. The van der Waals surface area contributed by atoms with Gasteiger partial charge in [-0.25, -0.2) is 4.79 Å². The number of hydrogen-bond donors (Lipinski definition) is 1. The molecule has 1 rings (SSSR count). The summed E-state index contributed by atoms with van der Waals surface area (Å²) in [4.78, 5) is 22.6. The van der Waals surface area contributed by atoms with E-state index < -0.39 is 11.7 Å². The van der Waals surface area contributed by atoms with Gasteiger partial charge in [-0.15, -0.1) is 0 Å². The van der Waals surface area contributed by atoms with Crippen molar-refractivity contribution in [3.8, 4) is 0 Å². The molecule has 1 amide bonds. The second-order valence-electron chi connectivity index (χ2n) is 4.85. The largest absolute Gasteiger partial charge is 0.466 e. The van der Waals surface area contributed by atoms with Crippen LogP contribution in [0.4, 0.5) is 4.79 Å². The highest BCUT2D eigenvalue weighted by atomic mass is 16.6. The van der Waals surface area contributed by atoms with Crippen molar-refractivity contribution in [1.29, 1.82) is 0 Å². The number of ether oxygens (including phenoxy) is 2. The highest BCUT2D eigenvalue weighted by molar-refractivity contribution is 5.78. The van der Waals surface area contributed by atoms with E-state index in [1.165, 1.54) is 0 Å². The summed E-state index contributed by atoms with van der Waals surface area (Å²) in [5.41, 5.74) is -0.515. The van der Waals surface area contributed by atoms with Crippen LogP contribution < -0.4 is 5.32 Å². The van der Waals surface area contributed by atoms with Crippen LogP contribution in [0.5, 0.6) is 0 Å². The van der Waals surface area contributed by atoms with Gasteiger partial charge in [0.25, 0.3) is 0 Å². The van der Waals surface area contributed by atoms with Crippen molar-refractivity contribution in [3.05, 3.63) is 0 Å². The van der Waals surface area contributed by atoms with Gasteiger partial charge in [-0.2, -0.15) is 0 Å². The van der Waals surface area contributed by atoms with Crippen molar-refractivity contribution in [3.63, 3.8) is 0 Å². The minimum Gasteiger partial charge on any atom is -0.466 e. The Bertz CT molecular complexity index is 282. The molecular weight excluding hydrogens is 210 g/mol. The second-order valence-corrected chi connectivity index (χ2v) is 4.85. The fraction of sp³-hybridized carbons (Fsp3) is 0.818. The normalized spacial score (nSPS) is 23.5. The fourth-order valence-corrected chi connectivity index (χ4v) is 1.32. The molecule has 2 unspecified atom stereocenters. The van der Waals surface area contributed by atoms with E-state index in [1.807, 2.05) is 0 Å². The summed E-state index contributed by atoms with van der Waals surface area (Å²) in [7, 11) is 0. The van der Waals surface area contributed by atoms with Gasteiger partial charge in [0.05, 0.1) is 12.5 Å². The van der Waals surface area contributed by atoms with Crippen molar-refractivity contribution in [2.24, 2.45) is 5.92 Å². The number of amides is 1. The standard InChI is InChI=1S/C11H19NO4/c1-5-15-9(13)7-6-8(7)12-10(14)16-11(2,3)4/h7-8H,5-6H2,1-4H3,(H,12,14). The molecule has 2 atom stereocenters. The van der Waals surface area contributed by atoms with Crippen LogP contribution in [-0.2, 0) is 14.3 Å². The van der Waals surface area contributed by atoms with Crippen LogP contribution in [-0.4, -0.2) is 30.3 Å². The van der Waals surface area contributed by atoms with Gasteiger partial charge in [-0.1, -0.05) is 0 Å². The molecule has 0 radical (unpaired) electrons. The molecular formula is C11H19NO4. The molecule has 0 aliphatic heterocycles. The van der Waals surface area contributed by atoms with E-state index in [0.717, 1.165) is 0 Å². The van der Waals surface area contributed by atoms with Crippen LogP contribution in [0.2, 0.25) is 0 Å². The summed E-state index contributed by atoms with van der Waals surface area (Å²) in [5.74, 6) is -0.448. The Hall–Kier alpha value is -1.26. The first-order valence-electron chi connectivity index (χ1n) is 5.49. The molecule has 0 heterocycles. The van der Waals surface area contributed by atoms with Crippen molar-refractivity contribution in [1.82, 2.24) is 5.32 Å². The van der Waals surface area contributed by atoms with Crippen LogP contribution in [0.3, 0.4) is 0 Å². The van der Waals surface area contributed by atoms with Gasteiger partial charge >= 0.3 is 12.1 Å². The Kier molecular flexibility index (Phi) is 3.78. The predicted molar refractivity (Wildman–Crippen MR) is 57.9 cm³/mol. The number of alkyl carbamates (subject to hydrolysis) is 1. The first kappa shape index (κ1) is 12.8. The van der Waals surface area contributed by atoms with Gasteiger partial charge in [0.15, 0.2) is 0 Å². The summed E-state index contributed by atoms with van der Waals surface area (Å²) in [6.07, 6.45) is 0.155. The molecule has 16 heavy (non-hydrogen) atoms. The summed E-state index contributed by atoms with van der Waals surface area (Å²) in [5, 5.41) is 2.64. The number of carbonyl (C=O) groups excluding carboxylic acids is 2. The van der Waals surface area contributed by atoms with Crippen LogP contribution >= 0.6 is 0 Å². The van der Waals surface area contributed by atoms with Crippen molar-refractivity contribution in [2.75, 3.05) is 6.61 Å². The van der Waals surface area contributed by atoms with Gasteiger partial charge < -0.3 is 14.8 Å². The first-order valence-corrected chi connectivity index (χ1v) is 5.49. The number of esters is 1. The lowest BCUT2D eigenvalue weighted by molar-refractivity contribution is -0.144. The molecule has 1 N–H and O–H groups in total. The smallest absolute Gasteiger partial charge is 0.407 e. The van der Waals surface area contributed by atoms with E-state index >= 15 is 0 Å². The Morgan fingerprint density at radius 1 is 1.38 bits per heavy atom. The number of nitrogens with one attached hydrogen (secondary N) is 1. The number of rotatable bonds is 3. The van der Waals surface area contributed by atoms with Gasteiger partial charge in [0.2, 0.25) is 0 Å². The molecule has 0 saturated heterocycles. The molecule has 1 aliphatic carbocycles. The molecule has 0 spiro atoms. The minimum atomic E-state index is -0.515. The highest BCUT2D eigenvalue weighted by Gasteiger charge is 2.45. The lowest BCUT2D eigenvalue weighted by Gasteiger charge is -2.19. The lowest BCUT2D eigenvalue weighted by Crippen LogP contribution is -2.35. The van der Waals surface area contributed by atoms with E-state index in [1.54, 1.807) is 27.7 Å². The Balaban J connectivity index is 2.26. The SMILES string of the molecule is CCOC(=O)C1CC1NC(=O)OC(C)(C)C. The predicted octanol–water partition coefficient (Wildman–Crippen LogP) is 1.46. The Morgan fingerprint density at radius 2 is 2.00 bits per heavy atom. The molecule has 1 fully saturated rings. The third-order valence-electron chi connectivity index (χ3n) is 2.08. The van der Waals surface area contributed by atoms with Gasteiger partial charge in [-0.05, 0) is 34.1 Å². The first-order chi connectivity index (χ1) is 7.33. The average Bonchev–Trinajstić information content (AvgIpc) is 2.80. The molecule has 0 aromatic carbocycles. The van der Waals surface area contributed by atoms with Crippen molar-refractivity contribution < 1.29 is 19.1 Å². The van der Waals surface area contributed by atoms with E-state index in [0.29, 0.717) is 13.0 Å². The maximum absolute atomic E-state index is 11.3. The lowest BCUT2D eigenvalue weighted by atomic mass is 10.2. The van der Waals surface area contributed by atoms with Gasteiger partial charge in [-0.3, -0.25) is 4.79 Å². The quantitative estimate of drug-likeness (QED) is 0.744. The molecule has 0 bridgehead atoms. The number of carbonyl (C=O) groups is 2. The topological polar surface area (TPSA) is 64.6 Å². The zero-order valence-electron chi connectivity index (χ0n) is 10.2. The molecule has 92 valence electrons. The summed E-state index contributed by atoms with van der Waals surface area (Å²) in [6, 6.07) is -0.131. The van der Waals surface area contributed by atoms with Gasteiger partial charge in [0.1, 0.15) is 5.60 Å². The second kappa shape index (κ2) is 4.72. The van der Waals surface area contributed by atoms with Crippen LogP contribution in [0.25, 0.3) is 0 Å². The Labute approximate surface area is 95.5 Å². The summed E-state index contributed by atoms with van der Waals surface area (Å²) in [6.45, 7) is 7.51. The van der Waals surface area contributed by atoms with Crippen molar-refractivity contribution in [2.45, 2.75) is 45.8 Å². The third-order valence-corrected chi connectivity index (χ3v) is 2.08. The molecule has 0 aromatic heterocycles. The van der Waals surface area contributed by atoms with Gasteiger partial charge in [0, 0.05) is 6.04 Å². The zero-order valence-corrected chi connectivity index (χ0v) is 10.2. The van der Waals surface area contributed by atoms with Crippen LogP contribution in [0.1, 0.15) is 34.1 Å². The maximum Gasteiger partial charge on any atom is 0.407 e. The third kappa shape index (κ3) is 4.08. The monoisotopic (exact) mass is 229 g/mol. The highest BCUT2D eigenvalue weighted by Crippen LogP contribution is 2.31. The molecule has 5 nitrogen and oxygen atoms in total. The zero-order chi connectivity index (χ0) is 12.3. The van der Waals surface area contributed by atoms with E-state index in [2.05, 4.69) is 5.32 Å². The van der Waals surface area contributed by atoms with Crippen LogP contribution in [0.15, 0.2) is 0 Å². The summed E-state index contributed by atoms with van der Waals surface area (Å²) < 4.78 is 9.92. The minimum absolute atomic E-state index is 0.131. The Morgan fingerprint density at radius 3 is 2.50 bits per heavy atom.